The van der Waals surface area contributed by atoms with Gasteiger partial charge in [0.2, 0.25) is 0 Å². The molecule has 1 aromatic rings. The first-order chi connectivity index (χ1) is 13.1. The minimum absolute atomic E-state index is 0.0833. The Morgan fingerprint density at radius 1 is 1.07 bits per heavy atom. The number of benzene rings is 1. The maximum Gasteiger partial charge on any atom is 0.295 e. The third-order valence-corrected chi connectivity index (χ3v) is 5.90. The molecule has 0 aromatic heterocycles. The number of thiocarbonyl (C=S) groups is 2. The van der Waals surface area contributed by atoms with Crippen molar-refractivity contribution >= 4 is 66.8 Å². The second-order valence-electron chi connectivity index (χ2n) is 5.47. The average molecular weight is 457 g/mol. The number of rotatable bonds is 6. The molecule has 2 atom stereocenters. The first-order valence-corrected chi connectivity index (χ1v) is 11.1. The molecule has 1 aliphatic carbocycles. The van der Waals surface area contributed by atoms with Gasteiger partial charge in [0, 0.05) is 5.92 Å². The number of nitrogens with zero attached hydrogens (tertiary/aromatic N) is 2. The summed E-state index contributed by atoms with van der Waals surface area (Å²) in [6.45, 7) is 0. The van der Waals surface area contributed by atoms with E-state index in [1.165, 1.54) is 42.5 Å². The zero-order valence-corrected chi connectivity index (χ0v) is 17.1. The lowest BCUT2D eigenvalue weighted by atomic mass is 9.97. The van der Waals surface area contributed by atoms with Crippen molar-refractivity contribution in [3.05, 3.63) is 53.8 Å². The predicted octanol–water partition coefficient (Wildman–Crippen LogP) is 3.11. The molecule has 1 aliphatic rings. The van der Waals surface area contributed by atoms with Gasteiger partial charge in [0.15, 0.2) is 0 Å². The molecule has 0 heterocycles. The van der Waals surface area contributed by atoms with Gasteiger partial charge in [-0.1, -0.05) is 24.3 Å². The van der Waals surface area contributed by atoms with Crippen molar-refractivity contribution in [1.29, 1.82) is 0 Å². The van der Waals surface area contributed by atoms with E-state index in [1.54, 1.807) is 0 Å². The van der Waals surface area contributed by atoms with E-state index in [0.717, 1.165) is 6.07 Å². The van der Waals surface area contributed by atoms with Gasteiger partial charge in [-0.15, -0.1) is 0 Å². The van der Waals surface area contributed by atoms with E-state index in [9.17, 15) is 25.9 Å². The molecule has 28 heavy (non-hydrogen) atoms. The molecule has 0 amide bonds. The Morgan fingerprint density at radius 2 is 1.75 bits per heavy atom. The molecule has 146 valence electrons. The van der Waals surface area contributed by atoms with Gasteiger partial charge in [-0.3, -0.25) is 9.11 Å². The van der Waals surface area contributed by atoms with Crippen molar-refractivity contribution in [1.82, 2.24) is 0 Å². The number of aliphatic imine (C=N–C) groups is 2. The third kappa shape index (κ3) is 5.68. The first-order valence-electron chi connectivity index (χ1n) is 7.38. The van der Waals surface area contributed by atoms with Crippen LogP contribution in [-0.4, -0.2) is 41.5 Å². The minimum Gasteiger partial charge on any atom is -0.285 e. The summed E-state index contributed by atoms with van der Waals surface area (Å²) in [5.74, 6) is -0.827. The molecule has 2 rings (SSSR count). The van der Waals surface area contributed by atoms with Crippen LogP contribution in [0.15, 0.2) is 63.1 Å². The Labute approximate surface area is 172 Å². The molecule has 0 aliphatic heterocycles. The van der Waals surface area contributed by atoms with Crippen LogP contribution in [0.2, 0.25) is 0 Å². The quantitative estimate of drug-likeness (QED) is 0.379. The summed E-state index contributed by atoms with van der Waals surface area (Å²) in [6.07, 6.45) is 6.82. The molecule has 0 saturated carbocycles. The van der Waals surface area contributed by atoms with E-state index in [-0.39, 0.29) is 16.9 Å². The SMILES string of the molecule is O=S(=O)(O)c1cc(N=C=S)ccc1/C=C/C1C=CC(N=C=S)=CC1S(=O)(=O)O. The molecule has 0 bridgehead atoms. The molecular formula is C16H12N2O6S4. The normalized spacial score (nSPS) is 19.6. The lowest BCUT2D eigenvalue weighted by molar-refractivity contribution is 0.467. The number of hydrogen-bond donors (Lipinski definition) is 2. The summed E-state index contributed by atoms with van der Waals surface area (Å²) in [5.41, 5.74) is 0.460. The van der Waals surface area contributed by atoms with Crippen molar-refractivity contribution in [2.45, 2.75) is 10.1 Å². The van der Waals surface area contributed by atoms with Crippen LogP contribution in [0.3, 0.4) is 0 Å². The van der Waals surface area contributed by atoms with Crippen molar-refractivity contribution < 1.29 is 25.9 Å². The molecule has 12 heteroatoms. The standard InChI is InChI=1S/C16H12N2O6S4/c19-27(20,21)15-7-13(17-9-25)5-3-11(15)1-2-12-4-6-14(18-10-26)8-16(12)28(22,23)24/h1-8,11,15H,(H,19,20,21)(H,22,23,24)/b2-1+. The van der Waals surface area contributed by atoms with Crippen LogP contribution in [0, 0.1) is 5.92 Å². The molecule has 2 unspecified atom stereocenters. The van der Waals surface area contributed by atoms with E-state index in [2.05, 4.69) is 44.7 Å². The van der Waals surface area contributed by atoms with Crippen LogP contribution >= 0.6 is 24.4 Å². The highest BCUT2D eigenvalue weighted by molar-refractivity contribution is 7.86. The summed E-state index contributed by atoms with van der Waals surface area (Å²) in [7, 11) is -9.08. The maximum atomic E-state index is 11.7. The molecule has 0 fully saturated rings. The van der Waals surface area contributed by atoms with Gasteiger partial charge >= 0.3 is 0 Å². The minimum atomic E-state index is -4.59. The fraction of sp³-hybridized carbons (Fsp3) is 0.125. The highest BCUT2D eigenvalue weighted by Gasteiger charge is 2.30. The summed E-state index contributed by atoms with van der Waals surface area (Å²) in [4.78, 5) is 6.88. The monoisotopic (exact) mass is 456 g/mol. The summed E-state index contributed by atoms with van der Waals surface area (Å²) < 4.78 is 65.6. The summed E-state index contributed by atoms with van der Waals surface area (Å²) >= 11 is 8.93. The fourth-order valence-corrected chi connectivity index (χ4v) is 4.27. The highest BCUT2D eigenvalue weighted by Crippen LogP contribution is 2.28. The molecule has 0 spiro atoms. The Balaban J connectivity index is 2.49. The van der Waals surface area contributed by atoms with Crippen LogP contribution < -0.4 is 0 Å². The Kier molecular flexibility index (Phi) is 7.05. The molecule has 1 aromatic carbocycles. The number of hydrogen-bond acceptors (Lipinski definition) is 8. The smallest absolute Gasteiger partial charge is 0.285 e. The van der Waals surface area contributed by atoms with Crippen molar-refractivity contribution in [3.63, 3.8) is 0 Å². The lowest BCUT2D eigenvalue weighted by Gasteiger charge is -2.19. The van der Waals surface area contributed by atoms with Crippen LogP contribution in [0.5, 0.6) is 0 Å². The van der Waals surface area contributed by atoms with Crippen molar-refractivity contribution in [2.75, 3.05) is 0 Å². The van der Waals surface area contributed by atoms with E-state index in [0.29, 0.717) is 0 Å². The summed E-state index contributed by atoms with van der Waals surface area (Å²) in [6, 6.07) is 3.89. The van der Waals surface area contributed by atoms with Gasteiger partial charge in [-0.2, -0.15) is 26.8 Å². The van der Waals surface area contributed by atoms with Gasteiger partial charge in [-0.05, 0) is 54.3 Å². The topological polar surface area (TPSA) is 133 Å². The average Bonchev–Trinajstić information content (AvgIpc) is 2.60. The van der Waals surface area contributed by atoms with Crippen LogP contribution in [0.1, 0.15) is 5.56 Å². The van der Waals surface area contributed by atoms with Crippen molar-refractivity contribution in [3.8, 4) is 0 Å². The molecule has 0 saturated heterocycles. The lowest BCUT2D eigenvalue weighted by Crippen LogP contribution is -2.27. The first kappa shape index (κ1) is 22.2. The number of allylic oxidation sites excluding steroid dienone is 3. The molecule has 8 nitrogen and oxygen atoms in total. The van der Waals surface area contributed by atoms with Crippen LogP contribution in [-0.2, 0) is 20.2 Å². The van der Waals surface area contributed by atoms with Gasteiger partial charge in [0.25, 0.3) is 20.2 Å². The van der Waals surface area contributed by atoms with Gasteiger partial charge in [0.05, 0.1) is 21.7 Å². The van der Waals surface area contributed by atoms with E-state index in [4.69, 9.17) is 0 Å². The van der Waals surface area contributed by atoms with Gasteiger partial charge in [-0.25, -0.2) is 0 Å². The van der Waals surface area contributed by atoms with Crippen molar-refractivity contribution in [2.24, 2.45) is 15.9 Å². The van der Waals surface area contributed by atoms with E-state index in [1.807, 2.05) is 0 Å². The maximum absolute atomic E-state index is 11.7. The number of isothiocyanates is 2. The Bertz CT molecular complexity index is 1190. The van der Waals surface area contributed by atoms with E-state index < -0.39 is 36.3 Å². The molecular weight excluding hydrogens is 444 g/mol. The van der Waals surface area contributed by atoms with E-state index >= 15 is 0 Å². The molecule has 0 radical (unpaired) electrons. The largest absolute Gasteiger partial charge is 0.295 e. The zero-order chi connectivity index (χ0) is 20.9. The third-order valence-electron chi connectivity index (χ3n) is 3.67. The fourth-order valence-electron chi connectivity index (χ4n) is 2.46. The zero-order valence-electron chi connectivity index (χ0n) is 13.8. The highest BCUT2D eigenvalue weighted by atomic mass is 32.2. The second-order valence-corrected chi connectivity index (χ2v) is 8.80. The van der Waals surface area contributed by atoms with Crippen LogP contribution in [0.25, 0.3) is 6.08 Å². The van der Waals surface area contributed by atoms with Gasteiger partial charge in [0.1, 0.15) is 10.1 Å². The Hall–Kier alpha value is -2.14. The predicted molar refractivity (Wildman–Crippen MR) is 111 cm³/mol. The second kappa shape index (κ2) is 8.91. The van der Waals surface area contributed by atoms with Gasteiger partial charge < -0.3 is 0 Å². The Morgan fingerprint density at radius 3 is 2.32 bits per heavy atom. The molecule has 2 N–H and O–H groups in total. The van der Waals surface area contributed by atoms with Crippen LogP contribution in [0.4, 0.5) is 5.69 Å². The summed E-state index contributed by atoms with van der Waals surface area (Å²) in [5, 5.41) is 2.83.